The summed E-state index contributed by atoms with van der Waals surface area (Å²) in [5, 5.41) is 1.30. The van der Waals surface area contributed by atoms with Crippen LogP contribution in [0.15, 0.2) is 0 Å². The second-order valence-corrected chi connectivity index (χ2v) is 3.94. The highest BCUT2D eigenvalue weighted by atomic mass is 31.3. The second-order valence-electron chi connectivity index (χ2n) is 2.23. The van der Waals surface area contributed by atoms with Crippen molar-refractivity contribution in [2.24, 2.45) is 0 Å². The van der Waals surface area contributed by atoms with Crippen molar-refractivity contribution in [3.05, 3.63) is 0 Å². The van der Waals surface area contributed by atoms with Crippen molar-refractivity contribution in [2.45, 2.75) is 25.7 Å². The molecular weight excluding hydrogens is 147 g/mol. The summed E-state index contributed by atoms with van der Waals surface area (Å²) in [6, 6.07) is 0. The standard InChI is InChI=1S/C6H12OPSi/c8-9-6-4-2-1-3-5-7-6/h1-5,8H2. The van der Waals surface area contributed by atoms with Crippen LogP contribution >= 0.6 is 8.79 Å². The summed E-state index contributed by atoms with van der Waals surface area (Å²) >= 11 is 0. The van der Waals surface area contributed by atoms with Crippen molar-refractivity contribution in [1.82, 2.24) is 0 Å². The highest BCUT2D eigenvalue weighted by Gasteiger charge is 2.01. The van der Waals surface area contributed by atoms with Gasteiger partial charge in [-0.25, -0.2) is 0 Å². The van der Waals surface area contributed by atoms with Gasteiger partial charge in [-0.1, -0.05) is 0 Å². The molecule has 1 fully saturated rings. The van der Waals surface area contributed by atoms with Gasteiger partial charge in [0, 0.05) is 0 Å². The molecule has 1 aliphatic heterocycles. The van der Waals surface area contributed by atoms with Crippen LogP contribution in [0.25, 0.3) is 0 Å². The maximum absolute atomic E-state index is 5.46. The van der Waals surface area contributed by atoms with E-state index >= 15 is 0 Å². The predicted molar refractivity (Wildman–Crippen MR) is 44.9 cm³/mol. The normalized spacial score (nSPS) is 25.2. The van der Waals surface area contributed by atoms with Gasteiger partial charge in [0.2, 0.25) is 0 Å². The van der Waals surface area contributed by atoms with E-state index in [1.165, 1.54) is 31.0 Å². The zero-order valence-electron chi connectivity index (χ0n) is 5.52. The molecule has 0 aromatic heterocycles. The van der Waals surface area contributed by atoms with E-state index in [0.717, 1.165) is 15.4 Å². The van der Waals surface area contributed by atoms with Gasteiger partial charge in [-0.3, -0.25) is 0 Å². The van der Waals surface area contributed by atoms with Gasteiger partial charge in [0.1, 0.15) is 0 Å². The van der Waals surface area contributed by atoms with Gasteiger partial charge in [-0.2, -0.15) is 0 Å². The van der Waals surface area contributed by atoms with Crippen molar-refractivity contribution in [1.29, 1.82) is 0 Å². The SMILES string of the molecule is P[Si]=C1CCCCCO1. The van der Waals surface area contributed by atoms with E-state index in [1.807, 2.05) is 0 Å². The zero-order valence-corrected chi connectivity index (χ0v) is 7.68. The summed E-state index contributed by atoms with van der Waals surface area (Å²) in [4.78, 5) is 0. The fourth-order valence-electron chi connectivity index (χ4n) is 0.946. The molecule has 1 aliphatic rings. The van der Waals surface area contributed by atoms with Crippen LogP contribution in [0.5, 0.6) is 0 Å². The molecule has 1 nitrogen and oxygen atoms in total. The Hall–Kier alpha value is 0.317. The average molecular weight is 159 g/mol. The molecule has 0 N–H and O–H groups in total. The van der Waals surface area contributed by atoms with Gasteiger partial charge >= 0.3 is 0 Å². The Labute approximate surface area is 60.7 Å². The maximum atomic E-state index is 5.46. The lowest BCUT2D eigenvalue weighted by molar-refractivity contribution is 0.309. The molecule has 0 saturated carbocycles. The van der Waals surface area contributed by atoms with E-state index < -0.39 is 0 Å². The Kier molecular flexibility index (Phi) is 3.45. The number of ether oxygens (including phenoxy) is 1. The summed E-state index contributed by atoms with van der Waals surface area (Å²) in [6.07, 6.45) is 5.12. The number of rotatable bonds is 0. The van der Waals surface area contributed by atoms with Crippen LogP contribution in [0.3, 0.4) is 0 Å². The van der Waals surface area contributed by atoms with Gasteiger partial charge in [0.25, 0.3) is 0 Å². The zero-order chi connectivity index (χ0) is 6.53. The first-order chi connectivity index (χ1) is 4.43. The number of hydrogen-bond acceptors (Lipinski definition) is 1. The number of hydrogen-bond donors (Lipinski definition) is 0. The summed E-state index contributed by atoms with van der Waals surface area (Å²) in [5.74, 6) is 0. The molecule has 1 rings (SSSR count). The predicted octanol–water partition coefficient (Wildman–Crippen LogP) is 1.20. The fourth-order valence-corrected chi connectivity index (χ4v) is 2.14. The Morgan fingerprint density at radius 3 is 3.00 bits per heavy atom. The van der Waals surface area contributed by atoms with Crippen molar-refractivity contribution in [3.8, 4) is 0 Å². The first-order valence-corrected chi connectivity index (χ1v) is 6.19. The monoisotopic (exact) mass is 159 g/mol. The summed E-state index contributed by atoms with van der Waals surface area (Å²) in [7, 11) is 3.55. The second kappa shape index (κ2) is 4.18. The molecule has 1 saturated heterocycles. The van der Waals surface area contributed by atoms with Gasteiger partial charge < -0.3 is 4.74 Å². The molecule has 0 aromatic carbocycles. The van der Waals surface area contributed by atoms with Crippen LogP contribution < -0.4 is 0 Å². The molecule has 3 heteroatoms. The molecule has 1 atom stereocenters. The average Bonchev–Trinajstić information content (AvgIpc) is 2.13. The van der Waals surface area contributed by atoms with Gasteiger partial charge in [-0.15, -0.1) is 8.79 Å². The summed E-state index contributed by atoms with van der Waals surface area (Å²) in [5.41, 5.74) is 0. The first kappa shape index (κ1) is 7.42. The minimum atomic E-state index is 0.814. The molecule has 0 amide bonds. The molecule has 1 radical (unpaired) electrons. The molecule has 51 valence electrons. The van der Waals surface area contributed by atoms with Crippen molar-refractivity contribution < 1.29 is 4.74 Å². The van der Waals surface area contributed by atoms with E-state index in [9.17, 15) is 0 Å². The lowest BCUT2D eigenvalue weighted by Gasteiger charge is -2.02. The minimum Gasteiger partial charge on any atom is -0.503 e. The smallest absolute Gasteiger partial charge is 0.0992 e. The van der Waals surface area contributed by atoms with Crippen LogP contribution in [-0.2, 0) is 4.74 Å². The van der Waals surface area contributed by atoms with Crippen LogP contribution in [-0.4, -0.2) is 20.8 Å². The quantitative estimate of drug-likeness (QED) is 0.381. The van der Waals surface area contributed by atoms with Crippen LogP contribution in [0.2, 0.25) is 0 Å². The summed E-state index contributed by atoms with van der Waals surface area (Å²) < 4.78 is 5.46. The Bertz CT molecular complexity index is 104. The molecule has 9 heavy (non-hydrogen) atoms. The Morgan fingerprint density at radius 2 is 2.22 bits per heavy atom. The topological polar surface area (TPSA) is 9.23 Å². The first-order valence-electron chi connectivity index (χ1n) is 3.39. The molecule has 0 bridgehead atoms. The molecular formula is C6H12OPSi. The van der Waals surface area contributed by atoms with E-state index in [4.69, 9.17) is 4.74 Å². The van der Waals surface area contributed by atoms with E-state index in [0.29, 0.717) is 0 Å². The third-order valence-corrected chi connectivity index (χ3v) is 3.17. The third-order valence-electron chi connectivity index (χ3n) is 1.49. The Balaban J connectivity index is 2.36. The minimum absolute atomic E-state index is 0.814. The Morgan fingerprint density at radius 1 is 1.33 bits per heavy atom. The molecule has 0 aromatic rings. The van der Waals surface area contributed by atoms with E-state index in [2.05, 4.69) is 8.79 Å². The van der Waals surface area contributed by atoms with Gasteiger partial charge in [0.15, 0.2) is 0 Å². The third kappa shape index (κ3) is 2.59. The van der Waals surface area contributed by atoms with Gasteiger partial charge in [-0.05, 0) is 25.7 Å². The van der Waals surface area contributed by atoms with Crippen molar-refractivity contribution in [2.75, 3.05) is 6.61 Å². The molecule has 1 heterocycles. The molecule has 0 spiro atoms. The lowest BCUT2D eigenvalue weighted by atomic mass is 10.2. The van der Waals surface area contributed by atoms with Crippen LogP contribution in [0.4, 0.5) is 0 Å². The highest BCUT2D eigenvalue weighted by Crippen LogP contribution is 2.07. The highest BCUT2D eigenvalue weighted by molar-refractivity contribution is 7.56. The van der Waals surface area contributed by atoms with E-state index in [1.54, 1.807) is 0 Å². The lowest BCUT2D eigenvalue weighted by Crippen LogP contribution is -2.04. The molecule has 0 aliphatic carbocycles. The van der Waals surface area contributed by atoms with Crippen molar-refractivity contribution in [3.63, 3.8) is 0 Å². The van der Waals surface area contributed by atoms with Gasteiger partial charge in [0.05, 0.1) is 20.8 Å². The maximum Gasteiger partial charge on any atom is 0.0992 e. The fraction of sp³-hybridized carbons (Fsp3) is 0.833. The largest absolute Gasteiger partial charge is 0.503 e. The summed E-state index contributed by atoms with van der Waals surface area (Å²) in [6.45, 7) is 0.955. The van der Waals surface area contributed by atoms with Crippen LogP contribution in [0.1, 0.15) is 25.7 Å². The van der Waals surface area contributed by atoms with Crippen LogP contribution in [0, 0.1) is 0 Å². The molecule has 1 unspecified atom stereocenters. The van der Waals surface area contributed by atoms with E-state index in [-0.39, 0.29) is 0 Å². The van der Waals surface area contributed by atoms with Crippen molar-refractivity contribution >= 4 is 22.9 Å².